The van der Waals surface area contributed by atoms with Crippen LogP contribution in [0.4, 0.5) is 10.2 Å². The van der Waals surface area contributed by atoms with Crippen LogP contribution in [0, 0.1) is 5.82 Å². The lowest BCUT2D eigenvalue weighted by molar-refractivity contribution is 0.431. The summed E-state index contributed by atoms with van der Waals surface area (Å²) < 4.78 is 19.6. The quantitative estimate of drug-likeness (QED) is 0.621. The molecule has 0 radical (unpaired) electrons. The summed E-state index contributed by atoms with van der Waals surface area (Å²) >= 11 is 1.50. The van der Waals surface area contributed by atoms with Crippen LogP contribution in [0.3, 0.4) is 0 Å². The molecule has 3 heterocycles. The van der Waals surface area contributed by atoms with E-state index in [4.69, 9.17) is 10.3 Å². The average molecular weight is 328 g/mol. The van der Waals surface area contributed by atoms with Crippen molar-refractivity contribution in [3.63, 3.8) is 0 Å². The lowest BCUT2D eigenvalue weighted by Crippen LogP contribution is -2.02. The third kappa shape index (κ3) is 2.36. The van der Waals surface area contributed by atoms with Crippen molar-refractivity contribution in [3.05, 3.63) is 47.6 Å². The van der Waals surface area contributed by atoms with E-state index in [9.17, 15) is 4.39 Å². The number of aromatic nitrogens is 5. The van der Waals surface area contributed by atoms with Gasteiger partial charge >= 0.3 is 0 Å². The number of rotatable bonds is 3. The maximum absolute atomic E-state index is 13.0. The maximum atomic E-state index is 13.0. The summed E-state index contributed by atoms with van der Waals surface area (Å²) in [5, 5.41) is 13.8. The molecule has 3 aromatic heterocycles. The molecule has 0 aliphatic heterocycles. The molecule has 0 amide bonds. The van der Waals surface area contributed by atoms with Gasteiger partial charge in [0.05, 0.1) is 10.6 Å². The Morgan fingerprint density at radius 2 is 2.00 bits per heavy atom. The van der Waals surface area contributed by atoms with Gasteiger partial charge in [-0.1, -0.05) is 16.4 Å². The molecule has 1 aromatic carbocycles. The number of nitrogen functional groups attached to an aromatic ring is 1. The number of thiophene rings is 1. The van der Waals surface area contributed by atoms with Crippen molar-refractivity contribution in [2.75, 3.05) is 5.73 Å². The van der Waals surface area contributed by atoms with E-state index in [0.29, 0.717) is 11.5 Å². The predicted octanol–water partition coefficient (Wildman–Crippen LogP) is 2.77. The molecule has 0 spiro atoms. The molecule has 0 bridgehead atoms. The number of hydrogen-bond acceptors (Lipinski definition) is 7. The van der Waals surface area contributed by atoms with Crippen molar-refractivity contribution in [1.29, 1.82) is 0 Å². The van der Waals surface area contributed by atoms with Crippen LogP contribution in [0.1, 0.15) is 0 Å². The molecule has 2 N–H and O–H groups in total. The molecule has 0 atom stereocenters. The number of hydrogen-bond donors (Lipinski definition) is 1. The summed E-state index contributed by atoms with van der Waals surface area (Å²) in [6, 6.07) is 9.52. The van der Waals surface area contributed by atoms with Crippen molar-refractivity contribution in [2.24, 2.45) is 0 Å². The Kier molecular flexibility index (Phi) is 3.12. The van der Waals surface area contributed by atoms with Gasteiger partial charge in [-0.3, -0.25) is 0 Å². The SMILES string of the molecule is Nc1c(-c2nc(-c3cccs3)no2)nnn1-c1ccc(F)cc1. The normalized spacial score (nSPS) is 11.0. The van der Waals surface area contributed by atoms with Crippen molar-refractivity contribution in [1.82, 2.24) is 25.1 Å². The largest absolute Gasteiger partial charge is 0.382 e. The minimum absolute atomic E-state index is 0.180. The van der Waals surface area contributed by atoms with E-state index in [1.807, 2.05) is 17.5 Å². The van der Waals surface area contributed by atoms with Crippen LogP contribution in [0.5, 0.6) is 0 Å². The van der Waals surface area contributed by atoms with Crippen LogP contribution in [0.25, 0.3) is 28.0 Å². The van der Waals surface area contributed by atoms with E-state index in [0.717, 1.165) is 4.88 Å². The maximum Gasteiger partial charge on any atom is 0.282 e. The Morgan fingerprint density at radius 3 is 2.74 bits per heavy atom. The van der Waals surface area contributed by atoms with E-state index >= 15 is 0 Å². The Bertz CT molecular complexity index is 944. The van der Waals surface area contributed by atoms with Crippen LogP contribution in [0.2, 0.25) is 0 Å². The Morgan fingerprint density at radius 1 is 1.17 bits per heavy atom. The highest BCUT2D eigenvalue weighted by Crippen LogP contribution is 2.27. The van der Waals surface area contributed by atoms with Gasteiger partial charge < -0.3 is 10.3 Å². The summed E-state index contributed by atoms with van der Waals surface area (Å²) in [5.41, 5.74) is 6.92. The molecular weight excluding hydrogens is 319 g/mol. The topological polar surface area (TPSA) is 95.7 Å². The van der Waals surface area contributed by atoms with Gasteiger partial charge in [-0.25, -0.2) is 4.39 Å². The van der Waals surface area contributed by atoms with E-state index in [1.165, 1.54) is 28.2 Å². The summed E-state index contributed by atoms with van der Waals surface area (Å²) in [4.78, 5) is 5.16. The monoisotopic (exact) mass is 328 g/mol. The molecule has 114 valence electrons. The summed E-state index contributed by atoms with van der Waals surface area (Å²) in [6.45, 7) is 0. The first kappa shape index (κ1) is 13.6. The van der Waals surface area contributed by atoms with Crippen molar-refractivity contribution in [2.45, 2.75) is 0 Å². The minimum Gasteiger partial charge on any atom is -0.382 e. The fraction of sp³-hybridized carbons (Fsp3) is 0. The zero-order valence-electron chi connectivity index (χ0n) is 11.5. The number of benzene rings is 1. The Balaban J connectivity index is 1.72. The molecule has 0 aliphatic rings. The molecule has 0 fully saturated rings. The summed E-state index contributed by atoms with van der Waals surface area (Å²) in [6.07, 6.45) is 0. The molecule has 0 saturated carbocycles. The first-order valence-corrected chi connectivity index (χ1v) is 7.45. The van der Waals surface area contributed by atoms with Gasteiger partial charge in [0.15, 0.2) is 11.5 Å². The van der Waals surface area contributed by atoms with Gasteiger partial charge in [0.2, 0.25) is 5.82 Å². The first-order chi connectivity index (χ1) is 11.2. The summed E-state index contributed by atoms with van der Waals surface area (Å²) in [5.74, 6) is 0.535. The Hall–Kier alpha value is -3.07. The smallest absolute Gasteiger partial charge is 0.282 e. The molecule has 0 unspecified atom stereocenters. The van der Waals surface area contributed by atoms with Crippen molar-refractivity contribution < 1.29 is 8.91 Å². The third-order valence-electron chi connectivity index (χ3n) is 3.15. The minimum atomic E-state index is -0.342. The number of halogens is 1. The molecule has 4 rings (SSSR count). The van der Waals surface area contributed by atoms with Gasteiger partial charge in [-0.2, -0.15) is 9.67 Å². The van der Waals surface area contributed by atoms with Crippen LogP contribution in [0.15, 0.2) is 46.3 Å². The fourth-order valence-electron chi connectivity index (χ4n) is 2.04. The zero-order chi connectivity index (χ0) is 15.8. The summed E-state index contributed by atoms with van der Waals surface area (Å²) in [7, 11) is 0. The second kappa shape index (κ2) is 5.29. The molecule has 9 heteroatoms. The number of nitrogens with two attached hydrogens (primary N) is 1. The molecule has 7 nitrogen and oxygen atoms in total. The highest BCUT2D eigenvalue weighted by molar-refractivity contribution is 7.13. The van der Waals surface area contributed by atoms with Gasteiger partial charge in [0.1, 0.15) is 5.82 Å². The van der Waals surface area contributed by atoms with E-state index in [1.54, 1.807) is 12.1 Å². The lowest BCUT2D eigenvalue weighted by atomic mass is 10.3. The molecule has 23 heavy (non-hydrogen) atoms. The van der Waals surface area contributed by atoms with Gasteiger partial charge in [-0.05, 0) is 35.7 Å². The average Bonchev–Trinajstić information content (AvgIpc) is 3.27. The van der Waals surface area contributed by atoms with Crippen LogP contribution in [-0.2, 0) is 0 Å². The lowest BCUT2D eigenvalue weighted by Gasteiger charge is -2.01. The standard InChI is InChI=1S/C14H9FN6OS/c15-8-3-5-9(6-4-8)21-12(16)11(18-20-21)14-17-13(19-22-14)10-2-1-7-23-10/h1-7H,16H2. The van der Waals surface area contributed by atoms with E-state index in [2.05, 4.69) is 20.5 Å². The van der Waals surface area contributed by atoms with Crippen molar-refractivity contribution in [3.8, 4) is 28.0 Å². The molecule has 4 aromatic rings. The van der Waals surface area contributed by atoms with Crippen LogP contribution < -0.4 is 5.73 Å². The number of anilines is 1. The zero-order valence-corrected chi connectivity index (χ0v) is 12.4. The Labute approximate surface area is 133 Å². The fourth-order valence-corrected chi connectivity index (χ4v) is 2.69. The van der Waals surface area contributed by atoms with E-state index < -0.39 is 0 Å². The molecule has 0 saturated heterocycles. The third-order valence-corrected chi connectivity index (χ3v) is 4.01. The first-order valence-electron chi connectivity index (χ1n) is 6.57. The van der Waals surface area contributed by atoms with Gasteiger partial charge in [0.25, 0.3) is 5.89 Å². The predicted molar refractivity (Wildman–Crippen MR) is 82.3 cm³/mol. The second-order valence-electron chi connectivity index (χ2n) is 4.61. The highest BCUT2D eigenvalue weighted by Gasteiger charge is 2.20. The van der Waals surface area contributed by atoms with Gasteiger partial charge in [0, 0.05) is 0 Å². The molecular formula is C14H9FN6OS. The van der Waals surface area contributed by atoms with Gasteiger partial charge in [-0.15, -0.1) is 16.4 Å². The van der Waals surface area contributed by atoms with Crippen LogP contribution in [-0.4, -0.2) is 25.1 Å². The highest BCUT2D eigenvalue weighted by atomic mass is 32.1. The van der Waals surface area contributed by atoms with Crippen molar-refractivity contribution >= 4 is 17.2 Å². The van der Waals surface area contributed by atoms with E-state index in [-0.39, 0.29) is 23.2 Å². The number of nitrogens with zero attached hydrogens (tertiary/aromatic N) is 5. The van der Waals surface area contributed by atoms with Crippen LogP contribution >= 0.6 is 11.3 Å². The molecule has 0 aliphatic carbocycles. The second-order valence-corrected chi connectivity index (χ2v) is 5.56.